The van der Waals surface area contributed by atoms with Gasteiger partial charge in [0.1, 0.15) is 17.5 Å². The van der Waals surface area contributed by atoms with E-state index in [9.17, 15) is 24.6 Å². The van der Waals surface area contributed by atoms with Crippen LogP contribution in [0, 0.1) is 25.7 Å². The van der Waals surface area contributed by atoms with Gasteiger partial charge in [-0.25, -0.2) is 0 Å². The molecule has 7 heteroatoms. The monoisotopic (exact) mass is 486 g/mol. The predicted molar refractivity (Wildman–Crippen MR) is 138 cm³/mol. The van der Waals surface area contributed by atoms with Gasteiger partial charge in [-0.1, -0.05) is 48.5 Å². The number of Topliss-reactive ketones (excluding diaryl/α,β-unsaturated/α-hetero) is 1. The molecule has 2 amide bonds. The smallest absolute Gasteiger partial charge is 0.235 e. The Hall–Kier alpha value is -3.97. The third-order valence-electron chi connectivity index (χ3n) is 6.92. The van der Waals surface area contributed by atoms with E-state index >= 15 is 0 Å². The van der Waals surface area contributed by atoms with Crippen LogP contribution in [0.25, 0.3) is 0 Å². The van der Waals surface area contributed by atoms with Crippen LogP contribution in [0.5, 0.6) is 5.75 Å². The number of phenolic OH excluding ortho intramolecular Hbond substituents is 1. The fourth-order valence-electron chi connectivity index (χ4n) is 5.04. The van der Waals surface area contributed by atoms with E-state index in [0.717, 1.165) is 11.1 Å². The number of aromatic hydroxyl groups is 1. The Labute approximate surface area is 210 Å². The van der Waals surface area contributed by atoms with Crippen LogP contribution in [0.15, 0.2) is 72.8 Å². The number of carbonyl (C=O) groups is 3. The van der Waals surface area contributed by atoms with Gasteiger partial charge in [0.05, 0.1) is 11.5 Å². The number of amides is 2. The molecule has 4 unspecified atom stereocenters. The summed E-state index contributed by atoms with van der Waals surface area (Å²) in [5, 5.41) is 26.9. The highest BCUT2D eigenvalue weighted by molar-refractivity contribution is 6.10. The lowest BCUT2D eigenvalue weighted by atomic mass is 9.61. The summed E-state index contributed by atoms with van der Waals surface area (Å²) in [6, 6.07) is 20.5. The molecule has 4 rings (SSSR count). The minimum Gasteiger partial charge on any atom is -0.508 e. The van der Waals surface area contributed by atoms with Crippen LogP contribution in [0.4, 0.5) is 11.4 Å². The number of benzene rings is 3. The van der Waals surface area contributed by atoms with Crippen molar-refractivity contribution in [1.82, 2.24) is 0 Å². The summed E-state index contributed by atoms with van der Waals surface area (Å²) in [6.07, 6.45) is -0.348. The Morgan fingerprint density at radius 1 is 0.833 bits per heavy atom. The fraction of sp³-hybridized carbons (Fsp3) is 0.276. The lowest BCUT2D eigenvalue weighted by Gasteiger charge is -2.44. The molecule has 186 valence electrons. The average molecular weight is 487 g/mol. The normalized spacial score (nSPS) is 23.7. The third-order valence-corrected chi connectivity index (χ3v) is 6.92. The van der Waals surface area contributed by atoms with Gasteiger partial charge in [0.15, 0.2) is 0 Å². The Morgan fingerprint density at radius 3 is 1.86 bits per heavy atom. The van der Waals surface area contributed by atoms with E-state index < -0.39 is 41.0 Å². The molecule has 0 aromatic heterocycles. The highest BCUT2D eigenvalue weighted by Crippen LogP contribution is 2.47. The summed E-state index contributed by atoms with van der Waals surface area (Å²) in [5.41, 5.74) is 1.62. The number of nitrogens with one attached hydrogen (secondary N) is 2. The summed E-state index contributed by atoms with van der Waals surface area (Å²) >= 11 is 0. The largest absolute Gasteiger partial charge is 0.508 e. The molecule has 0 saturated heterocycles. The first-order valence-electron chi connectivity index (χ1n) is 11.9. The van der Waals surface area contributed by atoms with Crippen molar-refractivity contribution < 1.29 is 24.6 Å². The van der Waals surface area contributed by atoms with E-state index in [4.69, 9.17) is 0 Å². The maximum atomic E-state index is 13.7. The number of carbonyl (C=O) groups excluding carboxylic acids is 3. The van der Waals surface area contributed by atoms with Crippen molar-refractivity contribution in [3.63, 3.8) is 0 Å². The second kappa shape index (κ2) is 9.95. The maximum absolute atomic E-state index is 13.7. The first-order valence-corrected chi connectivity index (χ1v) is 11.9. The van der Waals surface area contributed by atoms with Crippen molar-refractivity contribution in [3.8, 4) is 5.75 Å². The van der Waals surface area contributed by atoms with Crippen molar-refractivity contribution in [2.75, 3.05) is 10.6 Å². The molecule has 3 aromatic rings. The summed E-state index contributed by atoms with van der Waals surface area (Å²) < 4.78 is 0. The average Bonchev–Trinajstić information content (AvgIpc) is 2.81. The van der Waals surface area contributed by atoms with Gasteiger partial charge in [-0.2, -0.15) is 0 Å². The van der Waals surface area contributed by atoms with E-state index in [-0.39, 0.29) is 12.2 Å². The molecule has 0 radical (unpaired) electrons. The third kappa shape index (κ3) is 5.02. The topological polar surface area (TPSA) is 116 Å². The quantitative estimate of drug-likeness (QED) is 0.401. The minimum atomic E-state index is -1.70. The maximum Gasteiger partial charge on any atom is 0.235 e. The molecule has 1 aliphatic carbocycles. The number of phenols is 1. The number of aliphatic hydroxyl groups is 1. The lowest BCUT2D eigenvalue weighted by molar-refractivity contribution is -0.150. The number of hydrogen-bond acceptors (Lipinski definition) is 5. The van der Waals surface area contributed by atoms with Gasteiger partial charge in [-0.15, -0.1) is 0 Å². The van der Waals surface area contributed by atoms with Gasteiger partial charge in [-0.3, -0.25) is 14.4 Å². The Bertz CT molecular complexity index is 1300. The van der Waals surface area contributed by atoms with Gasteiger partial charge >= 0.3 is 0 Å². The van der Waals surface area contributed by atoms with Gasteiger partial charge < -0.3 is 20.8 Å². The van der Waals surface area contributed by atoms with Crippen molar-refractivity contribution >= 4 is 29.0 Å². The lowest BCUT2D eigenvalue weighted by Crippen LogP contribution is -2.56. The van der Waals surface area contributed by atoms with Gasteiger partial charge in [-0.05, 0) is 61.7 Å². The zero-order valence-corrected chi connectivity index (χ0v) is 20.5. The van der Waals surface area contributed by atoms with Gasteiger partial charge in [0, 0.05) is 23.7 Å². The first-order chi connectivity index (χ1) is 17.1. The molecule has 1 aliphatic rings. The van der Waals surface area contributed by atoms with Gasteiger partial charge in [0.25, 0.3) is 0 Å². The number of aryl methyl sites for hydroxylation is 2. The van der Waals surface area contributed by atoms with Crippen LogP contribution in [-0.4, -0.2) is 33.4 Å². The SMILES string of the molecule is Cc1ccccc1NC(=O)C1C(=O)CC(C)(O)C(C(=O)Nc2ccccc2C)C1c1ccc(O)cc1. The second-order valence-corrected chi connectivity index (χ2v) is 9.68. The van der Waals surface area contributed by atoms with E-state index in [1.165, 1.54) is 19.1 Å². The molecule has 1 fully saturated rings. The van der Waals surface area contributed by atoms with Gasteiger partial charge in [0.2, 0.25) is 11.8 Å². The van der Waals surface area contributed by atoms with Crippen molar-refractivity contribution in [2.24, 2.45) is 11.8 Å². The number of rotatable bonds is 5. The molecule has 0 spiro atoms. The highest BCUT2D eigenvalue weighted by Gasteiger charge is 2.56. The molecule has 1 saturated carbocycles. The number of hydrogen-bond donors (Lipinski definition) is 4. The van der Waals surface area contributed by atoms with Crippen molar-refractivity contribution in [1.29, 1.82) is 0 Å². The molecular formula is C29H30N2O5. The Kier molecular flexibility index (Phi) is 6.95. The zero-order chi connectivity index (χ0) is 26.0. The van der Waals surface area contributed by atoms with Crippen molar-refractivity contribution in [3.05, 3.63) is 89.5 Å². The molecular weight excluding hydrogens is 456 g/mol. The second-order valence-electron chi connectivity index (χ2n) is 9.68. The number of ketones is 1. The summed E-state index contributed by atoms with van der Waals surface area (Å²) in [6.45, 7) is 5.16. The summed E-state index contributed by atoms with van der Waals surface area (Å²) in [5.74, 6) is -4.78. The van der Waals surface area contributed by atoms with Crippen LogP contribution >= 0.6 is 0 Å². The van der Waals surface area contributed by atoms with Crippen LogP contribution in [-0.2, 0) is 14.4 Å². The predicted octanol–water partition coefficient (Wildman–Crippen LogP) is 4.33. The molecule has 36 heavy (non-hydrogen) atoms. The number of para-hydroxylation sites is 2. The van der Waals surface area contributed by atoms with Crippen LogP contribution in [0.1, 0.15) is 36.0 Å². The molecule has 4 atom stereocenters. The van der Waals surface area contributed by atoms with Crippen LogP contribution < -0.4 is 10.6 Å². The minimum absolute atomic E-state index is 0.00877. The van der Waals surface area contributed by atoms with E-state index in [0.29, 0.717) is 16.9 Å². The van der Waals surface area contributed by atoms with Crippen LogP contribution in [0.2, 0.25) is 0 Å². The summed E-state index contributed by atoms with van der Waals surface area (Å²) in [4.78, 5) is 40.6. The fourth-order valence-corrected chi connectivity index (χ4v) is 5.04. The zero-order valence-electron chi connectivity index (χ0n) is 20.5. The Morgan fingerprint density at radius 2 is 1.33 bits per heavy atom. The Balaban J connectivity index is 1.78. The van der Waals surface area contributed by atoms with Crippen LogP contribution in [0.3, 0.4) is 0 Å². The molecule has 0 bridgehead atoms. The van der Waals surface area contributed by atoms with E-state index in [1.807, 2.05) is 38.1 Å². The number of anilines is 2. The molecule has 7 nitrogen and oxygen atoms in total. The standard InChI is InChI=1S/C29H30N2O5/c1-17-8-4-6-10-21(17)30-27(34)25-23(33)16-29(3,36)26(24(25)19-12-14-20(32)15-13-19)28(35)31-22-11-7-5-9-18(22)2/h4-15,24-26,32,36H,16H2,1-3H3,(H,30,34)(H,31,35). The highest BCUT2D eigenvalue weighted by atomic mass is 16.3. The van der Waals surface area contributed by atoms with Crippen molar-refractivity contribution in [2.45, 2.75) is 38.7 Å². The van der Waals surface area contributed by atoms with E-state index in [2.05, 4.69) is 10.6 Å². The molecule has 0 heterocycles. The van der Waals surface area contributed by atoms with E-state index in [1.54, 1.807) is 36.4 Å². The molecule has 4 N–H and O–H groups in total. The first kappa shape index (κ1) is 25.1. The molecule has 3 aromatic carbocycles. The molecule has 0 aliphatic heterocycles. The summed E-state index contributed by atoms with van der Waals surface area (Å²) in [7, 11) is 0.